The van der Waals surface area contributed by atoms with Crippen molar-refractivity contribution in [3.05, 3.63) is 29.8 Å². The van der Waals surface area contributed by atoms with Crippen LogP contribution < -0.4 is 15.4 Å². The van der Waals surface area contributed by atoms with E-state index in [1.165, 1.54) is 24.9 Å². The number of nitrogens with one attached hydrogen (secondary N) is 2. The minimum absolute atomic E-state index is 0.238. The lowest BCUT2D eigenvalue weighted by atomic mass is 10.1. The minimum Gasteiger partial charge on any atom is -0.496 e. The number of para-hydroxylation sites is 1. The van der Waals surface area contributed by atoms with E-state index in [4.69, 9.17) is 9.47 Å². The predicted molar refractivity (Wildman–Crippen MR) is 100 cm³/mol. The molecule has 2 heterocycles. The topological polar surface area (TPSA) is 58.1 Å². The molecule has 2 unspecified atom stereocenters. The lowest BCUT2D eigenvalue weighted by Gasteiger charge is -2.35. The first kappa shape index (κ1) is 18.0. The van der Waals surface area contributed by atoms with Crippen LogP contribution in [0, 0.1) is 0 Å². The van der Waals surface area contributed by atoms with E-state index < -0.39 is 0 Å². The normalized spacial score (nSPS) is 24.0. The zero-order valence-corrected chi connectivity index (χ0v) is 15.3. The summed E-state index contributed by atoms with van der Waals surface area (Å²) in [4.78, 5) is 6.87. The van der Waals surface area contributed by atoms with E-state index in [1.807, 2.05) is 18.2 Å². The molecule has 3 rings (SSSR count). The Morgan fingerprint density at radius 2 is 2.24 bits per heavy atom. The van der Waals surface area contributed by atoms with Crippen molar-refractivity contribution < 1.29 is 9.47 Å². The molecule has 0 spiro atoms. The van der Waals surface area contributed by atoms with Gasteiger partial charge < -0.3 is 20.1 Å². The quantitative estimate of drug-likeness (QED) is 0.600. The Morgan fingerprint density at radius 3 is 3.08 bits per heavy atom. The summed E-state index contributed by atoms with van der Waals surface area (Å²) >= 11 is 0. The molecule has 0 aliphatic carbocycles. The first-order valence-corrected chi connectivity index (χ1v) is 9.22. The summed E-state index contributed by atoms with van der Waals surface area (Å²) in [5, 5.41) is 6.76. The van der Waals surface area contributed by atoms with E-state index in [0.717, 1.165) is 44.4 Å². The fourth-order valence-electron chi connectivity index (χ4n) is 3.67. The number of morpholine rings is 1. The van der Waals surface area contributed by atoms with E-state index in [2.05, 4.69) is 26.6 Å². The predicted octanol–water partition coefficient (Wildman–Crippen LogP) is 1.27. The standard InChI is InChI=1S/C19H30N4O2/c1-20-19(21-10-9-15-6-3-4-8-18(15)24-2)22-12-17-13-23-11-5-7-16(23)14-25-17/h3-4,6,8,16-17H,5,7,9-14H2,1-2H3,(H2,20,21,22). The number of guanidine groups is 1. The maximum atomic E-state index is 5.99. The Labute approximate surface area is 150 Å². The van der Waals surface area contributed by atoms with Gasteiger partial charge in [0.1, 0.15) is 5.75 Å². The van der Waals surface area contributed by atoms with Crippen molar-refractivity contribution >= 4 is 5.96 Å². The number of ether oxygens (including phenoxy) is 2. The number of benzene rings is 1. The van der Waals surface area contributed by atoms with Gasteiger partial charge in [0, 0.05) is 32.7 Å². The Bertz CT molecular complexity index is 578. The molecular weight excluding hydrogens is 316 g/mol. The van der Waals surface area contributed by atoms with Gasteiger partial charge in [0.2, 0.25) is 0 Å². The van der Waals surface area contributed by atoms with Crippen LogP contribution >= 0.6 is 0 Å². The molecule has 0 saturated carbocycles. The molecule has 2 aliphatic rings. The van der Waals surface area contributed by atoms with Crippen molar-refractivity contribution in [1.82, 2.24) is 15.5 Å². The maximum absolute atomic E-state index is 5.99. The summed E-state index contributed by atoms with van der Waals surface area (Å²) in [5.74, 6) is 1.75. The fraction of sp³-hybridized carbons (Fsp3) is 0.632. The van der Waals surface area contributed by atoms with Crippen LogP contribution in [0.4, 0.5) is 0 Å². The monoisotopic (exact) mass is 346 g/mol. The van der Waals surface area contributed by atoms with Crippen molar-refractivity contribution in [3.63, 3.8) is 0 Å². The van der Waals surface area contributed by atoms with Crippen molar-refractivity contribution in [2.75, 3.05) is 46.9 Å². The van der Waals surface area contributed by atoms with Gasteiger partial charge in [-0.2, -0.15) is 0 Å². The third-order valence-corrected chi connectivity index (χ3v) is 5.06. The smallest absolute Gasteiger partial charge is 0.191 e. The Hall–Kier alpha value is -1.79. The second-order valence-electron chi connectivity index (χ2n) is 6.69. The van der Waals surface area contributed by atoms with Crippen LogP contribution in [0.3, 0.4) is 0 Å². The highest BCUT2D eigenvalue weighted by molar-refractivity contribution is 5.79. The molecule has 2 atom stereocenters. The van der Waals surface area contributed by atoms with Gasteiger partial charge in [-0.25, -0.2) is 0 Å². The van der Waals surface area contributed by atoms with Crippen LogP contribution in [0.5, 0.6) is 5.75 Å². The van der Waals surface area contributed by atoms with Crippen LogP contribution in [-0.2, 0) is 11.2 Å². The largest absolute Gasteiger partial charge is 0.496 e. The molecule has 0 bridgehead atoms. The molecule has 6 nitrogen and oxygen atoms in total. The highest BCUT2D eigenvalue weighted by Crippen LogP contribution is 2.22. The molecule has 0 radical (unpaired) electrons. The first-order valence-electron chi connectivity index (χ1n) is 9.22. The van der Waals surface area contributed by atoms with Gasteiger partial charge in [-0.15, -0.1) is 0 Å². The molecule has 1 aromatic carbocycles. The van der Waals surface area contributed by atoms with Crippen LogP contribution in [0.25, 0.3) is 0 Å². The van der Waals surface area contributed by atoms with Crippen LogP contribution in [0.15, 0.2) is 29.3 Å². The Kier molecular flexibility index (Phi) is 6.53. The number of rotatable bonds is 6. The lowest BCUT2D eigenvalue weighted by Crippen LogP contribution is -2.51. The summed E-state index contributed by atoms with van der Waals surface area (Å²) in [6.07, 6.45) is 3.72. The van der Waals surface area contributed by atoms with Crippen LogP contribution in [-0.4, -0.2) is 69.9 Å². The summed E-state index contributed by atoms with van der Waals surface area (Å²) < 4.78 is 11.4. The minimum atomic E-state index is 0.238. The molecule has 1 aromatic rings. The fourth-order valence-corrected chi connectivity index (χ4v) is 3.67. The second kappa shape index (κ2) is 9.06. The SMILES string of the molecule is CN=C(NCCc1ccccc1OC)NCC1CN2CCCC2CO1. The van der Waals surface area contributed by atoms with E-state index in [9.17, 15) is 0 Å². The van der Waals surface area contributed by atoms with Gasteiger partial charge >= 0.3 is 0 Å². The van der Waals surface area contributed by atoms with E-state index in [1.54, 1.807) is 14.2 Å². The average Bonchev–Trinajstić information content (AvgIpc) is 3.12. The zero-order chi connectivity index (χ0) is 17.5. The summed E-state index contributed by atoms with van der Waals surface area (Å²) in [5.41, 5.74) is 1.20. The molecule has 0 aromatic heterocycles. The number of fused-ring (bicyclic) bond motifs is 1. The number of methoxy groups -OCH3 is 1. The molecule has 2 N–H and O–H groups in total. The van der Waals surface area contributed by atoms with Gasteiger partial charge in [0.05, 0.1) is 19.8 Å². The molecule has 2 fully saturated rings. The summed E-state index contributed by atoms with van der Waals surface area (Å²) in [6, 6.07) is 8.77. The lowest BCUT2D eigenvalue weighted by molar-refractivity contribution is -0.0453. The zero-order valence-electron chi connectivity index (χ0n) is 15.3. The van der Waals surface area contributed by atoms with Gasteiger partial charge in [0.15, 0.2) is 5.96 Å². The van der Waals surface area contributed by atoms with Crippen molar-refractivity contribution in [1.29, 1.82) is 0 Å². The number of hydrogen-bond acceptors (Lipinski definition) is 4. The van der Waals surface area contributed by atoms with Crippen molar-refractivity contribution in [2.24, 2.45) is 4.99 Å². The van der Waals surface area contributed by atoms with E-state index in [-0.39, 0.29) is 6.10 Å². The molecule has 138 valence electrons. The molecule has 0 amide bonds. The average molecular weight is 346 g/mol. The summed E-state index contributed by atoms with van der Waals surface area (Å²) in [6.45, 7) is 4.70. The van der Waals surface area contributed by atoms with Crippen molar-refractivity contribution in [3.8, 4) is 5.75 Å². The number of aliphatic imine (C=N–C) groups is 1. The molecule has 25 heavy (non-hydrogen) atoms. The Balaban J connectivity index is 1.39. The highest BCUT2D eigenvalue weighted by Gasteiger charge is 2.32. The van der Waals surface area contributed by atoms with Gasteiger partial charge in [0.25, 0.3) is 0 Å². The van der Waals surface area contributed by atoms with Crippen LogP contribution in [0.2, 0.25) is 0 Å². The maximum Gasteiger partial charge on any atom is 0.191 e. The van der Waals surface area contributed by atoms with Crippen molar-refractivity contribution in [2.45, 2.75) is 31.4 Å². The van der Waals surface area contributed by atoms with Gasteiger partial charge in [-0.3, -0.25) is 9.89 Å². The second-order valence-corrected chi connectivity index (χ2v) is 6.69. The molecular formula is C19H30N4O2. The molecule has 2 aliphatic heterocycles. The summed E-state index contributed by atoms with van der Waals surface area (Å²) in [7, 11) is 3.51. The third-order valence-electron chi connectivity index (χ3n) is 5.06. The number of hydrogen-bond donors (Lipinski definition) is 2. The third kappa shape index (κ3) is 4.86. The van der Waals surface area contributed by atoms with Gasteiger partial charge in [-0.05, 0) is 37.4 Å². The number of nitrogens with zero attached hydrogens (tertiary/aromatic N) is 2. The van der Waals surface area contributed by atoms with E-state index in [0.29, 0.717) is 6.04 Å². The highest BCUT2D eigenvalue weighted by atomic mass is 16.5. The molecule has 6 heteroatoms. The molecule has 2 saturated heterocycles. The first-order chi connectivity index (χ1) is 12.3. The van der Waals surface area contributed by atoms with Gasteiger partial charge in [-0.1, -0.05) is 18.2 Å². The Morgan fingerprint density at radius 1 is 1.36 bits per heavy atom. The van der Waals surface area contributed by atoms with Crippen LogP contribution in [0.1, 0.15) is 18.4 Å². The van der Waals surface area contributed by atoms with E-state index >= 15 is 0 Å².